The molecule has 1 aromatic carbocycles. The largest absolute Gasteiger partial charge is 0.326 e. The highest BCUT2D eigenvalue weighted by Gasteiger charge is 2.26. The van der Waals surface area contributed by atoms with Crippen LogP contribution in [0.5, 0.6) is 0 Å². The van der Waals surface area contributed by atoms with Gasteiger partial charge in [-0.3, -0.25) is 0 Å². The second-order valence-electron chi connectivity index (χ2n) is 4.34. The maximum absolute atomic E-state index is 6.21. The van der Waals surface area contributed by atoms with E-state index in [0.29, 0.717) is 5.92 Å². The zero-order valence-corrected chi connectivity index (χ0v) is 10.6. The summed E-state index contributed by atoms with van der Waals surface area (Å²) in [5.41, 5.74) is 7.57. The summed E-state index contributed by atoms with van der Waals surface area (Å²) >= 11 is 3.61. The summed E-state index contributed by atoms with van der Waals surface area (Å²) in [5, 5.41) is 0. The number of piperidine rings is 1. The van der Waals surface area contributed by atoms with Crippen LogP contribution in [-0.4, -0.2) is 31.1 Å². The van der Waals surface area contributed by atoms with Crippen molar-refractivity contribution < 1.29 is 0 Å². The molecule has 0 spiro atoms. The first kappa shape index (κ1) is 11.1. The number of halogens is 1. The van der Waals surface area contributed by atoms with Gasteiger partial charge in [0.25, 0.3) is 0 Å². The zero-order chi connectivity index (χ0) is 10.8. The van der Waals surface area contributed by atoms with E-state index in [1.807, 2.05) is 6.07 Å². The Labute approximate surface area is 99.6 Å². The summed E-state index contributed by atoms with van der Waals surface area (Å²) in [5.74, 6) is 0.497. The van der Waals surface area contributed by atoms with E-state index in [1.54, 1.807) is 0 Å². The van der Waals surface area contributed by atoms with Crippen molar-refractivity contribution in [3.8, 4) is 0 Å². The van der Waals surface area contributed by atoms with Gasteiger partial charge in [-0.05, 0) is 31.6 Å². The molecule has 2 unspecified atom stereocenters. The molecular weight excluding hydrogens is 252 g/mol. The number of likely N-dealkylation sites (tertiary alicyclic amines) is 1. The molecule has 0 aliphatic carbocycles. The SMILES string of the molecule is CN1CCC(c2ccccc2Br)C(N)C1. The molecule has 1 aromatic rings. The molecule has 1 heterocycles. The van der Waals surface area contributed by atoms with Gasteiger partial charge in [0.1, 0.15) is 0 Å². The number of hydrogen-bond donors (Lipinski definition) is 1. The number of nitrogens with two attached hydrogens (primary N) is 1. The van der Waals surface area contributed by atoms with Crippen LogP contribution in [0.15, 0.2) is 28.7 Å². The highest BCUT2D eigenvalue weighted by atomic mass is 79.9. The van der Waals surface area contributed by atoms with E-state index in [9.17, 15) is 0 Å². The number of nitrogens with zero attached hydrogens (tertiary/aromatic N) is 1. The standard InChI is InChI=1S/C12H17BrN2/c1-15-7-6-10(12(14)8-15)9-4-2-3-5-11(9)13/h2-5,10,12H,6-8,14H2,1H3. The smallest absolute Gasteiger partial charge is 0.0238 e. The van der Waals surface area contributed by atoms with Crippen LogP contribution in [0.25, 0.3) is 0 Å². The van der Waals surface area contributed by atoms with Gasteiger partial charge >= 0.3 is 0 Å². The second-order valence-corrected chi connectivity index (χ2v) is 5.20. The lowest BCUT2D eigenvalue weighted by Crippen LogP contribution is -2.45. The van der Waals surface area contributed by atoms with E-state index in [4.69, 9.17) is 5.73 Å². The molecule has 0 radical (unpaired) electrons. The fourth-order valence-electron chi connectivity index (χ4n) is 2.31. The van der Waals surface area contributed by atoms with E-state index in [-0.39, 0.29) is 6.04 Å². The van der Waals surface area contributed by atoms with Gasteiger partial charge in [-0.25, -0.2) is 0 Å². The first-order valence-electron chi connectivity index (χ1n) is 5.37. The van der Waals surface area contributed by atoms with Crippen LogP contribution in [0, 0.1) is 0 Å². The lowest BCUT2D eigenvalue weighted by Gasteiger charge is -2.35. The van der Waals surface area contributed by atoms with Crippen LogP contribution in [0.3, 0.4) is 0 Å². The van der Waals surface area contributed by atoms with Gasteiger partial charge in [0.05, 0.1) is 0 Å². The third-order valence-corrected chi connectivity index (χ3v) is 3.89. The molecule has 1 saturated heterocycles. The Kier molecular flexibility index (Phi) is 3.44. The fraction of sp³-hybridized carbons (Fsp3) is 0.500. The van der Waals surface area contributed by atoms with Gasteiger partial charge in [0.15, 0.2) is 0 Å². The minimum atomic E-state index is 0.252. The molecule has 2 N–H and O–H groups in total. The third-order valence-electron chi connectivity index (χ3n) is 3.17. The summed E-state index contributed by atoms with van der Waals surface area (Å²) in [6.45, 7) is 2.13. The third kappa shape index (κ3) is 2.41. The lowest BCUT2D eigenvalue weighted by molar-refractivity contribution is 0.228. The normalized spacial score (nSPS) is 27.9. The van der Waals surface area contributed by atoms with E-state index in [2.05, 4.69) is 46.1 Å². The highest BCUT2D eigenvalue weighted by molar-refractivity contribution is 9.10. The Morgan fingerprint density at radius 1 is 1.40 bits per heavy atom. The molecule has 15 heavy (non-hydrogen) atoms. The Morgan fingerprint density at radius 3 is 2.80 bits per heavy atom. The molecule has 1 fully saturated rings. The quantitative estimate of drug-likeness (QED) is 0.846. The average molecular weight is 269 g/mol. The number of likely N-dealkylation sites (N-methyl/N-ethyl adjacent to an activating group) is 1. The van der Waals surface area contributed by atoms with Crippen molar-refractivity contribution in [2.75, 3.05) is 20.1 Å². The van der Waals surface area contributed by atoms with E-state index in [1.165, 1.54) is 10.0 Å². The molecule has 2 nitrogen and oxygen atoms in total. The molecular formula is C12H17BrN2. The average Bonchev–Trinajstić information content (AvgIpc) is 2.20. The van der Waals surface area contributed by atoms with Crippen molar-refractivity contribution in [1.29, 1.82) is 0 Å². The van der Waals surface area contributed by atoms with Gasteiger partial charge in [0, 0.05) is 23.0 Å². The zero-order valence-electron chi connectivity index (χ0n) is 8.99. The molecule has 82 valence electrons. The number of benzene rings is 1. The van der Waals surface area contributed by atoms with Gasteiger partial charge < -0.3 is 10.6 Å². The van der Waals surface area contributed by atoms with E-state index >= 15 is 0 Å². The van der Waals surface area contributed by atoms with Crippen molar-refractivity contribution >= 4 is 15.9 Å². The molecule has 2 rings (SSSR count). The first-order valence-corrected chi connectivity index (χ1v) is 6.16. The minimum absolute atomic E-state index is 0.252. The van der Waals surface area contributed by atoms with Crippen molar-refractivity contribution in [1.82, 2.24) is 4.90 Å². The topological polar surface area (TPSA) is 29.3 Å². The molecule has 0 bridgehead atoms. The predicted molar refractivity (Wildman–Crippen MR) is 67.0 cm³/mol. The monoisotopic (exact) mass is 268 g/mol. The fourth-order valence-corrected chi connectivity index (χ4v) is 2.89. The Balaban J connectivity index is 2.20. The Hall–Kier alpha value is -0.380. The van der Waals surface area contributed by atoms with Gasteiger partial charge in [-0.15, -0.1) is 0 Å². The molecule has 1 aliphatic rings. The number of hydrogen-bond acceptors (Lipinski definition) is 2. The Bertz CT molecular complexity index is 340. The maximum atomic E-state index is 6.21. The Morgan fingerprint density at radius 2 is 2.13 bits per heavy atom. The van der Waals surface area contributed by atoms with Crippen LogP contribution in [0.1, 0.15) is 17.9 Å². The summed E-state index contributed by atoms with van der Waals surface area (Å²) in [6.07, 6.45) is 1.15. The summed E-state index contributed by atoms with van der Waals surface area (Å²) < 4.78 is 1.19. The van der Waals surface area contributed by atoms with Gasteiger partial charge in [-0.2, -0.15) is 0 Å². The van der Waals surface area contributed by atoms with Crippen molar-refractivity contribution in [2.45, 2.75) is 18.4 Å². The van der Waals surface area contributed by atoms with Crippen LogP contribution in [-0.2, 0) is 0 Å². The molecule has 2 atom stereocenters. The van der Waals surface area contributed by atoms with E-state index in [0.717, 1.165) is 19.5 Å². The highest BCUT2D eigenvalue weighted by Crippen LogP contribution is 2.31. The minimum Gasteiger partial charge on any atom is -0.326 e. The van der Waals surface area contributed by atoms with Gasteiger partial charge in [-0.1, -0.05) is 34.1 Å². The van der Waals surface area contributed by atoms with Crippen molar-refractivity contribution in [3.05, 3.63) is 34.3 Å². The summed E-state index contributed by atoms with van der Waals surface area (Å²) in [7, 11) is 2.14. The molecule has 0 saturated carbocycles. The van der Waals surface area contributed by atoms with E-state index < -0.39 is 0 Å². The molecule has 3 heteroatoms. The van der Waals surface area contributed by atoms with Crippen LogP contribution < -0.4 is 5.73 Å². The summed E-state index contributed by atoms with van der Waals surface area (Å²) in [6, 6.07) is 8.67. The first-order chi connectivity index (χ1) is 7.18. The van der Waals surface area contributed by atoms with Crippen LogP contribution in [0.2, 0.25) is 0 Å². The second kappa shape index (κ2) is 4.64. The lowest BCUT2D eigenvalue weighted by atomic mass is 9.86. The van der Waals surface area contributed by atoms with Gasteiger partial charge in [0.2, 0.25) is 0 Å². The van der Waals surface area contributed by atoms with Crippen molar-refractivity contribution in [2.24, 2.45) is 5.73 Å². The number of rotatable bonds is 1. The summed E-state index contributed by atoms with van der Waals surface area (Å²) in [4.78, 5) is 2.30. The predicted octanol–water partition coefficient (Wildman–Crippen LogP) is 2.20. The van der Waals surface area contributed by atoms with Crippen LogP contribution >= 0.6 is 15.9 Å². The molecule has 0 amide bonds. The van der Waals surface area contributed by atoms with Crippen molar-refractivity contribution in [3.63, 3.8) is 0 Å². The van der Waals surface area contributed by atoms with Crippen LogP contribution in [0.4, 0.5) is 0 Å². The molecule has 1 aliphatic heterocycles. The molecule has 0 aromatic heterocycles. The maximum Gasteiger partial charge on any atom is 0.0238 e.